The summed E-state index contributed by atoms with van der Waals surface area (Å²) in [7, 11) is 0. The molecule has 2 rings (SSSR count). The molecular formula is C14H19FN2OS. The van der Waals surface area contributed by atoms with Gasteiger partial charge in [0.2, 0.25) is 0 Å². The summed E-state index contributed by atoms with van der Waals surface area (Å²) in [6.45, 7) is 1.40. The van der Waals surface area contributed by atoms with Gasteiger partial charge in [-0.15, -0.1) is 0 Å². The first-order valence-electron chi connectivity index (χ1n) is 6.55. The van der Waals surface area contributed by atoms with E-state index in [1.165, 1.54) is 18.6 Å². The maximum Gasteiger partial charge on any atom is 0.123 e. The van der Waals surface area contributed by atoms with Gasteiger partial charge in [-0.3, -0.25) is 4.90 Å². The summed E-state index contributed by atoms with van der Waals surface area (Å²) >= 11 is 4.98. The molecule has 0 aliphatic heterocycles. The first-order valence-corrected chi connectivity index (χ1v) is 6.95. The van der Waals surface area contributed by atoms with Gasteiger partial charge < -0.3 is 10.8 Å². The highest BCUT2D eigenvalue weighted by Gasteiger charge is 2.25. The standard InChI is InChI=1S/C14H19FN2OS/c15-11-5-4-10(13(8-11)14(16)19)9-17(6-7-18)12-2-1-3-12/h4-5,8,12,18H,1-3,6-7,9H2,(H2,16,19). The molecule has 1 aliphatic carbocycles. The van der Waals surface area contributed by atoms with Crippen molar-refractivity contribution in [3.63, 3.8) is 0 Å². The number of rotatable bonds is 6. The van der Waals surface area contributed by atoms with Gasteiger partial charge in [0, 0.05) is 24.7 Å². The molecule has 1 aliphatic rings. The Bertz CT molecular complexity index is 463. The second-order valence-electron chi connectivity index (χ2n) is 4.94. The molecule has 19 heavy (non-hydrogen) atoms. The van der Waals surface area contributed by atoms with Crippen LogP contribution in [0.2, 0.25) is 0 Å². The first-order chi connectivity index (χ1) is 9.11. The average molecular weight is 282 g/mol. The molecule has 0 saturated heterocycles. The molecule has 0 unspecified atom stereocenters. The smallest absolute Gasteiger partial charge is 0.123 e. The monoisotopic (exact) mass is 282 g/mol. The summed E-state index contributed by atoms with van der Waals surface area (Å²) in [5.41, 5.74) is 7.17. The van der Waals surface area contributed by atoms with E-state index in [2.05, 4.69) is 4.90 Å². The molecule has 1 fully saturated rings. The van der Waals surface area contributed by atoms with Gasteiger partial charge in [0.15, 0.2) is 0 Å². The van der Waals surface area contributed by atoms with Gasteiger partial charge in [-0.2, -0.15) is 0 Å². The van der Waals surface area contributed by atoms with Crippen LogP contribution in [0.1, 0.15) is 30.4 Å². The van der Waals surface area contributed by atoms with E-state index in [1.807, 2.05) is 0 Å². The third-order valence-electron chi connectivity index (χ3n) is 3.69. The minimum Gasteiger partial charge on any atom is -0.395 e. The molecular weight excluding hydrogens is 263 g/mol. The molecule has 0 bridgehead atoms. The van der Waals surface area contributed by atoms with Crippen LogP contribution in [0.3, 0.4) is 0 Å². The Morgan fingerprint density at radius 3 is 2.74 bits per heavy atom. The van der Waals surface area contributed by atoms with Crippen molar-refractivity contribution in [1.82, 2.24) is 4.90 Å². The van der Waals surface area contributed by atoms with Crippen molar-refractivity contribution in [2.75, 3.05) is 13.2 Å². The van der Waals surface area contributed by atoms with Crippen LogP contribution < -0.4 is 5.73 Å². The lowest BCUT2D eigenvalue weighted by atomic mass is 9.91. The Morgan fingerprint density at radius 2 is 2.21 bits per heavy atom. The zero-order chi connectivity index (χ0) is 13.8. The molecule has 0 radical (unpaired) electrons. The number of nitrogens with two attached hydrogens (primary N) is 1. The van der Waals surface area contributed by atoms with Crippen LogP contribution in [-0.4, -0.2) is 34.2 Å². The predicted molar refractivity (Wildman–Crippen MR) is 77.4 cm³/mol. The number of hydrogen-bond acceptors (Lipinski definition) is 3. The normalized spacial score (nSPS) is 15.5. The molecule has 3 N–H and O–H groups in total. The number of aliphatic hydroxyl groups excluding tert-OH is 1. The molecule has 1 aromatic carbocycles. The van der Waals surface area contributed by atoms with Crippen LogP contribution in [0.25, 0.3) is 0 Å². The number of aliphatic hydroxyl groups is 1. The van der Waals surface area contributed by atoms with Crippen molar-refractivity contribution in [3.05, 3.63) is 35.1 Å². The maximum absolute atomic E-state index is 13.3. The average Bonchev–Trinajstić information content (AvgIpc) is 2.29. The zero-order valence-electron chi connectivity index (χ0n) is 10.8. The second-order valence-corrected chi connectivity index (χ2v) is 5.38. The van der Waals surface area contributed by atoms with Crippen molar-refractivity contribution in [2.24, 2.45) is 5.73 Å². The Hall–Kier alpha value is -1.04. The second kappa shape index (κ2) is 6.41. The predicted octanol–water partition coefficient (Wildman–Crippen LogP) is 1.81. The van der Waals surface area contributed by atoms with Crippen molar-refractivity contribution in [3.8, 4) is 0 Å². The molecule has 0 spiro atoms. The van der Waals surface area contributed by atoms with Gasteiger partial charge in [0.25, 0.3) is 0 Å². The molecule has 1 aromatic rings. The third-order valence-corrected chi connectivity index (χ3v) is 3.91. The SMILES string of the molecule is NC(=S)c1cc(F)ccc1CN(CCO)C1CCC1. The summed E-state index contributed by atoms with van der Waals surface area (Å²) in [6, 6.07) is 5.05. The van der Waals surface area contributed by atoms with Crippen molar-refractivity contribution < 1.29 is 9.50 Å². The minimum atomic E-state index is -0.330. The minimum absolute atomic E-state index is 0.125. The number of nitrogens with zero attached hydrogens (tertiary/aromatic N) is 1. The van der Waals surface area contributed by atoms with Gasteiger partial charge in [0.1, 0.15) is 10.8 Å². The lowest BCUT2D eigenvalue weighted by molar-refractivity contribution is 0.0945. The van der Waals surface area contributed by atoms with E-state index >= 15 is 0 Å². The molecule has 3 nitrogen and oxygen atoms in total. The Kier molecular flexibility index (Phi) is 4.85. The Labute approximate surface area is 118 Å². The summed E-state index contributed by atoms with van der Waals surface area (Å²) in [4.78, 5) is 2.44. The van der Waals surface area contributed by atoms with Crippen LogP contribution in [0.5, 0.6) is 0 Å². The molecule has 5 heteroatoms. The van der Waals surface area contributed by atoms with Crippen LogP contribution in [0.4, 0.5) is 4.39 Å². The Balaban J connectivity index is 2.17. The molecule has 0 atom stereocenters. The van der Waals surface area contributed by atoms with Crippen molar-refractivity contribution in [2.45, 2.75) is 31.8 Å². The highest BCUT2D eigenvalue weighted by atomic mass is 32.1. The highest BCUT2D eigenvalue weighted by Crippen LogP contribution is 2.26. The van der Waals surface area contributed by atoms with Gasteiger partial charge in [-0.05, 0) is 30.5 Å². The summed E-state index contributed by atoms with van der Waals surface area (Å²) in [6.07, 6.45) is 3.55. The lowest BCUT2D eigenvalue weighted by Crippen LogP contribution is -2.41. The zero-order valence-corrected chi connectivity index (χ0v) is 11.6. The van der Waals surface area contributed by atoms with Gasteiger partial charge in [-0.1, -0.05) is 24.7 Å². The number of thiocarbonyl (C=S) groups is 1. The van der Waals surface area contributed by atoms with E-state index in [9.17, 15) is 4.39 Å². The van der Waals surface area contributed by atoms with Crippen LogP contribution >= 0.6 is 12.2 Å². The molecule has 104 valence electrons. The summed E-state index contributed by atoms with van der Waals surface area (Å²) in [5.74, 6) is -0.330. The van der Waals surface area contributed by atoms with Crippen LogP contribution in [0, 0.1) is 5.82 Å². The maximum atomic E-state index is 13.3. The largest absolute Gasteiger partial charge is 0.395 e. The number of halogens is 1. The van der Waals surface area contributed by atoms with E-state index in [-0.39, 0.29) is 17.4 Å². The fourth-order valence-corrected chi connectivity index (χ4v) is 2.60. The van der Waals surface area contributed by atoms with E-state index in [4.69, 9.17) is 23.1 Å². The summed E-state index contributed by atoms with van der Waals surface area (Å²) < 4.78 is 13.3. The quantitative estimate of drug-likeness (QED) is 0.781. The number of hydrogen-bond donors (Lipinski definition) is 2. The fourth-order valence-electron chi connectivity index (χ4n) is 2.41. The van der Waals surface area contributed by atoms with E-state index in [0.717, 1.165) is 18.4 Å². The topological polar surface area (TPSA) is 49.5 Å². The first kappa shape index (κ1) is 14.4. The van der Waals surface area contributed by atoms with Gasteiger partial charge in [-0.25, -0.2) is 4.39 Å². The fraction of sp³-hybridized carbons (Fsp3) is 0.500. The lowest BCUT2D eigenvalue weighted by Gasteiger charge is -2.37. The van der Waals surface area contributed by atoms with E-state index in [0.29, 0.717) is 24.7 Å². The molecule has 1 saturated carbocycles. The number of benzene rings is 1. The molecule has 0 aromatic heterocycles. The van der Waals surface area contributed by atoms with Gasteiger partial charge in [0.05, 0.1) is 6.61 Å². The summed E-state index contributed by atoms with van der Waals surface area (Å²) in [5, 5.41) is 9.15. The van der Waals surface area contributed by atoms with E-state index in [1.54, 1.807) is 6.07 Å². The highest BCUT2D eigenvalue weighted by molar-refractivity contribution is 7.80. The molecule has 0 heterocycles. The van der Waals surface area contributed by atoms with Crippen molar-refractivity contribution >= 4 is 17.2 Å². The van der Waals surface area contributed by atoms with Gasteiger partial charge >= 0.3 is 0 Å². The van der Waals surface area contributed by atoms with Crippen molar-refractivity contribution in [1.29, 1.82) is 0 Å². The third kappa shape index (κ3) is 3.49. The molecule has 0 amide bonds. The Morgan fingerprint density at radius 1 is 1.47 bits per heavy atom. The van der Waals surface area contributed by atoms with Crippen LogP contribution in [-0.2, 0) is 6.54 Å². The van der Waals surface area contributed by atoms with Crippen LogP contribution in [0.15, 0.2) is 18.2 Å². The van der Waals surface area contributed by atoms with E-state index < -0.39 is 0 Å².